The van der Waals surface area contributed by atoms with Gasteiger partial charge in [-0.05, 0) is 43.7 Å². The Morgan fingerprint density at radius 3 is 2.59 bits per heavy atom. The van der Waals surface area contributed by atoms with Crippen molar-refractivity contribution in [2.75, 3.05) is 11.9 Å². The summed E-state index contributed by atoms with van der Waals surface area (Å²) in [6, 6.07) is 13.8. The number of fused-ring (bicyclic) bond motifs is 2. The Balaban J connectivity index is 1.93. The van der Waals surface area contributed by atoms with Crippen LogP contribution in [0.3, 0.4) is 0 Å². The number of hydrogen-bond donors (Lipinski definition) is 1. The predicted molar refractivity (Wildman–Crippen MR) is 88.4 cm³/mol. The summed E-state index contributed by atoms with van der Waals surface area (Å²) in [5, 5.41) is 10.2. The molecule has 0 radical (unpaired) electrons. The number of ether oxygens (including phenoxy) is 1. The summed E-state index contributed by atoms with van der Waals surface area (Å²) in [5.74, 6) is 0.735. The monoisotopic (exact) mass is 293 g/mol. The van der Waals surface area contributed by atoms with E-state index in [-0.39, 0.29) is 11.2 Å². The minimum Gasteiger partial charge on any atom is -0.504 e. The van der Waals surface area contributed by atoms with Crippen molar-refractivity contribution in [3.8, 4) is 11.5 Å². The van der Waals surface area contributed by atoms with Crippen LogP contribution in [0.1, 0.15) is 25.0 Å². The molecule has 22 heavy (non-hydrogen) atoms. The van der Waals surface area contributed by atoms with Crippen molar-refractivity contribution < 1.29 is 9.84 Å². The number of hydrogen-bond acceptors (Lipinski definition) is 3. The molecule has 0 saturated carbocycles. The van der Waals surface area contributed by atoms with Gasteiger partial charge in [-0.1, -0.05) is 30.3 Å². The van der Waals surface area contributed by atoms with E-state index in [4.69, 9.17) is 4.74 Å². The fraction of sp³-hybridized carbons (Fsp3) is 0.263. The second-order valence-corrected chi connectivity index (χ2v) is 6.53. The van der Waals surface area contributed by atoms with Crippen LogP contribution in [0, 0.1) is 0 Å². The molecule has 3 nitrogen and oxygen atoms in total. The van der Waals surface area contributed by atoms with Crippen LogP contribution in [-0.2, 0) is 5.41 Å². The van der Waals surface area contributed by atoms with Crippen molar-refractivity contribution in [1.82, 2.24) is 0 Å². The summed E-state index contributed by atoms with van der Waals surface area (Å²) < 4.78 is 6.41. The van der Waals surface area contributed by atoms with Gasteiger partial charge in [-0.3, -0.25) is 0 Å². The molecule has 2 heterocycles. The molecule has 112 valence electrons. The number of aromatic hydroxyl groups is 1. The van der Waals surface area contributed by atoms with Gasteiger partial charge in [-0.15, -0.1) is 0 Å². The number of phenols is 1. The third kappa shape index (κ3) is 1.41. The third-order valence-corrected chi connectivity index (χ3v) is 5.10. The number of anilines is 1. The maximum atomic E-state index is 10.2. The molecule has 0 fully saturated rings. The van der Waals surface area contributed by atoms with E-state index in [1.165, 1.54) is 5.56 Å². The molecular formula is C19H19NO2. The molecule has 2 aromatic rings. The van der Waals surface area contributed by atoms with E-state index in [1.807, 2.05) is 31.3 Å². The van der Waals surface area contributed by atoms with Crippen molar-refractivity contribution in [2.24, 2.45) is 0 Å². The van der Waals surface area contributed by atoms with Crippen LogP contribution in [0.4, 0.5) is 5.69 Å². The normalized spacial score (nSPS) is 24.0. The summed E-state index contributed by atoms with van der Waals surface area (Å²) in [4.78, 5) is 2.16. The van der Waals surface area contributed by atoms with E-state index in [0.29, 0.717) is 5.75 Å². The quantitative estimate of drug-likeness (QED) is 0.799. The van der Waals surface area contributed by atoms with Gasteiger partial charge >= 0.3 is 0 Å². The van der Waals surface area contributed by atoms with Crippen LogP contribution in [-0.4, -0.2) is 17.9 Å². The summed E-state index contributed by atoms with van der Waals surface area (Å²) in [6.07, 6.45) is 4.15. The second-order valence-electron chi connectivity index (χ2n) is 6.53. The predicted octanol–water partition coefficient (Wildman–Crippen LogP) is 3.92. The molecule has 0 aliphatic carbocycles. The minimum absolute atomic E-state index is 0.182. The smallest absolute Gasteiger partial charge is 0.212 e. The molecule has 0 aromatic heterocycles. The van der Waals surface area contributed by atoms with Crippen molar-refractivity contribution in [3.05, 3.63) is 59.7 Å². The lowest BCUT2D eigenvalue weighted by atomic mass is 9.76. The summed E-state index contributed by atoms with van der Waals surface area (Å²) in [6.45, 7) is 4.37. The molecule has 1 N–H and O–H groups in total. The minimum atomic E-state index is -0.636. The molecule has 2 aliphatic heterocycles. The third-order valence-electron chi connectivity index (χ3n) is 5.10. The van der Waals surface area contributed by atoms with Crippen LogP contribution in [0.5, 0.6) is 11.5 Å². The van der Waals surface area contributed by atoms with Crippen molar-refractivity contribution >= 4 is 11.8 Å². The Labute approximate surface area is 130 Å². The molecule has 0 saturated heterocycles. The van der Waals surface area contributed by atoms with Gasteiger partial charge in [0.25, 0.3) is 0 Å². The van der Waals surface area contributed by atoms with E-state index >= 15 is 0 Å². The number of rotatable bonds is 0. The Bertz CT molecular complexity index is 794. The first-order valence-electron chi connectivity index (χ1n) is 7.51. The average molecular weight is 293 g/mol. The van der Waals surface area contributed by atoms with Crippen molar-refractivity contribution in [2.45, 2.75) is 25.0 Å². The summed E-state index contributed by atoms with van der Waals surface area (Å²) in [5.41, 5.74) is 2.44. The maximum Gasteiger partial charge on any atom is 0.212 e. The number of para-hydroxylation sites is 2. The van der Waals surface area contributed by atoms with Crippen molar-refractivity contribution in [1.29, 1.82) is 0 Å². The van der Waals surface area contributed by atoms with Crippen LogP contribution < -0.4 is 9.64 Å². The van der Waals surface area contributed by atoms with Gasteiger partial charge < -0.3 is 14.7 Å². The lowest BCUT2D eigenvalue weighted by molar-refractivity contribution is 0.0553. The molecule has 1 spiro atoms. The molecule has 0 bridgehead atoms. The van der Waals surface area contributed by atoms with E-state index in [2.05, 4.69) is 43.0 Å². The summed E-state index contributed by atoms with van der Waals surface area (Å²) >= 11 is 0. The molecule has 2 aliphatic rings. The highest BCUT2D eigenvalue weighted by Gasteiger charge is 2.57. The SMILES string of the molecule is CN1c2ccccc2C(C)(C)C12C=Cc1cccc(O)c1O2. The molecule has 4 rings (SSSR count). The number of phenolic OH excluding ortho intramolecular Hbond substituents is 1. The fourth-order valence-corrected chi connectivity index (χ4v) is 3.78. The first-order valence-corrected chi connectivity index (χ1v) is 7.51. The lowest BCUT2D eigenvalue weighted by Crippen LogP contribution is -2.58. The fourth-order valence-electron chi connectivity index (χ4n) is 3.78. The molecular weight excluding hydrogens is 274 g/mol. The second kappa shape index (κ2) is 4.07. The summed E-state index contributed by atoms with van der Waals surface area (Å²) in [7, 11) is 2.04. The molecule has 1 atom stereocenters. The lowest BCUT2D eigenvalue weighted by Gasteiger charge is -2.45. The van der Waals surface area contributed by atoms with E-state index in [0.717, 1.165) is 11.3 Å². The Morgan fingerprint density at radius 2 is 1.82 bits per heavy atom. The van der Waals surface area contributed by atoms with Crippen LogP contribution in [0.25, 0.3) is 6.08 Å². The van der Waals surface area contributed by atoms with Crippen LogP contribution >= 0.6 is 0 Å². The number of likely N-dealkylation sites (N-methyl/N-ethyl adjacent to an activating group) is 1. The zero-order valence-electron chi connectivity index (χ0n) is 13.0. The van der Waals surface area contributed by atoms with E-state index < -0.39 is 5.72 Å². The first-order chi connectivity index (χ1) is 10.5. The zero-order chi connectivity index (χ0) is 15.5. The van der Waals surface area contributed by atoms with Gasteiger partial charge in [0, 0.05) is 18.3 Å². The molecule has 3 heteroatoms. The Morgan fingerprint density at radius 1 is 1.05 bits per heavy atom. The van der Waals surface area contributed by atoms with E-state index in [9.17, 15) is 5.11 Å². The average Bonchev–Trinajstić information content (AvgIpc) is 2.68. The zero-order valence-corrected chi connectivity index (χ0v) is 13.0. The van der Waals surface area contributed by atoms with Gasteiger partial charge in [0.05, 0.1) is 5.41 Å². The van der Waals surface area contributed by atoms with Gasteiger partial charge in [0.2, 0.25) is 5.72 Å². The highest BCUT2D eigenvalue weighted by molar-refractivity contribution is 5.73. The molecule has 2 aromatic carbocycles. The van der Waals surface area contributed by atoms with Gasteiger partial charge in [0.1, 0.15) is 0 Å². The highest BCUT2D eigenvalue weighted by Crippen LogP contribution is 2.55. The standard InChI is InChI=1S/C19H19NO2/c1-18(2)14-8-4-5-9-15(14)20(3)19(18)12-11-13-7-6-10-16(21)17(13)22-19/h4-12,21H,1-3H3. The number of benzene rings is 2. The van der Waals surface area contributed by atoms with Gasteiger partial charge in [0.15, 0.2) is 11.5 Å². The highest BCUT2D eigenvalue weighted by atomic mass is 16.5. The Hall–Kier alpha value is -2.42. The van der Waals surface area contributed by atoms with Crippen LogP contribution in [0.2, 0.25) is 0 Å². The largest absolute Gasteiger partial charge is 0.504 e. The van der Waals surface area contributed by atoms with Gasteiger partial charge in [-0.25, -0.2) is 0 Å². The Kier molecular flexibility index (Phi) is 2.45. The van der Waals surface area contributed by atoms with Crippen LogP contribution in [0.15, 0.2) is 48.5 Å². The first kappa shape index (κ1) is 13.3. The van der Waals surface area contributed by atoms with E-state index in [1.54, 1.807) is 6.07 Å². The van der Waals surface area contributed by atoms with Crippen molar-refractivity contribution in [3.63, 3.8) is 0 Å². The number of nitrogens with zero attached hydrogens (tertiary/aromatic N) is 1. The topological polar surface area (TPSA) is 32.7 Å². The molecule has 0 amide bonds. The van der Waals surface area contributed by atoms with Gasteiger partial charge in [-0.2, -0.15) is 0 Å². The molecule has 1 unspecified atom stereocenters. The maximum absolute atomic E-state index is 10.2.